The number of halogens is 1. The van der Waals surface area contributed by atoms with Gasteiger partial charge in [-0.05, 0) is 199 Å². The van der Waals surface area contributed by atoms with Crippen molar-refractivity contribution in [2.45, 2.75) is 84.8 Å². The minimum absolute atomic E-state index is 0.176. The molecule has 0 atom stereocenters. The quantitative estimate of drug-likeness (QED) is 0.0947. The Morgan fingerprint density at radius 2 is 0.508 bits per heavy atom. The lowest BCUT2D eigenvalue weighted by atomic mass is 10.1. The fourth-order valence-corrected chi connectivity index (χ4v) is 14.8. The van der Waals surface area contributed by atoms with Crippen LogP contribution in [0.15, 0.2) is 199 Å². The molecule has 0 amide bonds. The highest BCUT2D eigenvalue weighted by Crippen LogP contribution is 2.38. The van der Waals surface area contributed by atoms with E-state index in [2.05, 4.69) is 225 Å². The first-order valence-corrected chi connectivity index (χ1v) is 24.9. The molecular formula is C56H52IS2+3. The molecule has 0 radical (unpaired) electrons. The summed E-state index contributed by atoms with van der Waals surface area (Å²) < 4.78 is 2.86. The predicted molar refractivity (Wildman–Crippen MR) is 249 cm³/mol. The maximum absolute atomic E-state index is 2.35. The van der Waals surface area contributed by atoms with E-state index in [1.165, 1.54) is 103 Å². The highest BCUT2D eigenvalue weighted by Gasteiger charge is 2.33. The van der Waals surface area contributed by atoms with E-state index in [0.717, 1.165) is 0 Å². The summed E-state index contributed by atoms with van der Waals surface area (Å²) in [4.78, 5) is 8.32. The van der Waals surface area contributed by atoms with E-state index < -0.39 is 0 Å². The second-order valence-corrected chi connectivity index (χ2v) is 22.8. The molecule has 0 saturated carbocycles. The van der Waals surface area contributed by atoms with Gasteiger partial charge in [-0.2, -0.15) is 0 Å². The summed E-state index contributed by atoms with van der Waals surface area (Å²) >= 11 is -0.291. The summed E-state index contributed by atoms with van der Waals surface area (Å²) in [6.45, 7) is 17.8. The summed E-state index contributed by atoms with van der Waals surface area (Å²) in [5.41, 5.74) is 15.7. The molecule has 0 spiro atoms. The average Bonchev–Trinajstić information content (AvgIpc) is 3.22. The topological polar surface area (TPSA) is 0 Å². The first-order valence-electron chi connectivity index (χ1n) is 20.3. The SMILES string of the molecule is Cc1ccc([S+](c2ccc(-c3ccc([I+]c4ccc(-c5ccc([S+](c6ccc(C)cc6C)c6ccc(C)cc6C)cc5)cc4)cc3)cc2)c2ccc(C)cc2C)c(C)c1. The Kier molecular flexibility index (Phi) is 12.4. The van der Waals surface area contributed by atoms with Gasteiger partial charge in [0.1, 0.15) is 0 Å². The van der Waals surface area contributed by atoms with Gasteiger partial charge in [-0.1, -0.05) is 70.8 Å². The molecule has 3 heteroatoms. The number of rotatable bonds is 10. The molecule has 0 fully saturated rings. The molecule has 0 nitrogen and oxygen atoms in total. The molecule has 0 unspecified atom stereocenters. The Morgan fingerprint density at radius 1 is 0.271 bits per heavy atom. The number of aryl methyl sites for hydroxylation is 8. The van der Waals surface area contributed by atoms with Crippen LogP contribution in [0.1, 0.15) is 44.5 Å². The third-order valence-corrected chi connectivity index (χ3v) is 18.7. The normalized spacial score (nSPS) is 11.4. The zero-order chi connectivity index (χ0) is 41.2. The molecule has 292 valence electrons. The van der Waals surface area contributed by atoms with E-state index in [-0.39, 0.29) is 43.0 Å². The van der Waals surface area contributed by atoms with Crippen molar-refractivity contribution in [1.82, 2.24) is 0 Å². The Hall–Kier alpha value is -4.81. The highest BCUT2D eigenvalue weighted by atomic mass is 127. The predicted octanol–water partition coefficient (Wildman–Crippen LogP) is 11.8. The molecule has 8 aromatic rings. The van der Waals surface area contributed by atoms with Gasteiger partial charge in [0.05, 0.1) is 21.8 Å². The van der Waals surface area contributed by atoms with Gasteiger partial charge >= 0.3 is 21.2 Å². The van der Waals surface area contributed by atoms with Crippen LogP contribution in [0, 0.1) is 62.5 Å². The van der Waals surface area contributed by atoms with Crippen molar-refractivity contribution in [3.63, 3.8) is 0 Å². The van der Waals surface area contributed by atoms with Crippen LogP contribution < -0.4 is 21.2 Å². The first-order chi connectivity index (χ1) is 28.5. The number of hydrogen-bond donors (Lipinski definition) is 0. The van der Waals surface area contributed by atoms with Gasteiger partial charge in [0.15, 0.2) is 36.5 Å². The van der Waals surface area contributed by atoms with Crippen LogP contribution in [-0.4, -0.2) is 0 Å². The maximum Gasteiger partial charge on any atom is 0.357 e. The summed E-state index contributed by atoms with van der Waals surface area (Å²) in [6.07, 6.45) is 0. The van der Waals surface area contributed by atoms with Crippen molar-refractivity contribution < 1.29 is 21.2 Å². The van der Waals surface area contributed by atoms with Crippen LogP contribution in [0.2, 0.25) is 0 Å². The molecule has 0 N–H and O–H groups in total. The minimum Gasteiger partial charge on any atom is -0.0543 e. The van der Waals surface area contributed by atoms with Crippen molar-refractivity contribution >= 4 is 21.8 Å². The zero-order valence-corrected chi connectivity index (χ0v) is 39.2. The monoisotopic (exact) mass is 915 g/mol. The van der Waals surface area contributed by atoms with Gasteiger partial charge in [0.25, 0.3) is 0 Å². The Bertz CT molecular complexity index is 2450. The molecule has 8 rings (SSSR count). The first kappa shape index (κ1) is 40.9. The van der Waals surface area contributed by atoms with Crippen molar-refractivity contribution in [2.75, 3.05) is 0 Å². The van der Waals surface area contributed by atoms with Gasteiger partial charge in [-0.15, -0.1) is 0 Å². The van der Waals surface area contributed by atoms with Crippen LogP contribution in [-0.2, 0) is 21.8 Å². The van der Waals surface area contributed by atoms with E-state index >= 15 is 0 Å². The van der Waals surface area contributed by atoms with Gasteiger partial charge in [0, 0.05) is 22.3 Å². The van der Waals surface area contributed by atoms with Crippen molar-refractivity contribution in [1.29, 1.82) is 0 Å². The van der Waals surface area contributed by atoms with Crippen LogP contribution in [0.5, 0.6) is 0 Å². The smallest absolute Gasteiger partial charge is 0.0543 e. The third kappa shape index (κ3) is 9.18. The standard InChI is InChI=1S/C56H52IS2/c1-37-9-29-53(41(5)33-37)58(54-30-10-38(2)34-42(54)6)51-25-17-47(18-26-51)45-13-21-49(22-14-45)57-50-23-15-46(16-24-50)48-19-27-52(28-20-48)59(55-31-11-39(3)35-43(55)7)56-32-12-40(4)36-44(56)8/h9-36H,1-8H3/q+3. The molecule has 59 heavy (non-hydrogen) atoms. The second-order valence-electron chi connectivity index (χ2n) is 15.8. The molecule has 8 aromatic carbocycles. The Morgan fingerprint density at radius 3 is 0.746 bits per heavy atom. The molecule has 0 bridgehead atoms. The van der Waals surface area contributed by atoms with E-state index in [9.17, 15) is 0 Å². The van der Waals surface area contributed by atoms with E-state index in [1.54, 1.807) is 0 Å². The summed E-state index contributed by atoms with van der Waals surface area (Å²) in [6, 6.07) is 64.9. The van der Waals surface area contributed by atoms with Crippen molar-refractivity contribution in [3.8, 4) is 22.3 Å². The van der Waals surface area contributed by atoms with E-state index in [4.69, 9.17) is 0 Å². The highest BCUT2D eigenvalue weighted by molar-refractivity contribution is 7.97. The number of benzene rings is 8. The zero-order valence-electron chi connectivity index (χ0n) is 35.4. The fraction of sp³-hybridized carbons (Fsp3) is 0.143. The molecule has 0 aliphatic heterocycles. The maximum atomic E-state index is 2.35. The second kappa shape index (κ2) is 17.8. The Labute approximate surface area is 368 Å². The van der Waals surface area contributed by atoms with Crippen LogP contribution in [0.4, 0.5) is 0 Å². The third-order valence-electron chi connectivity index (χ3n) is 11.0. The van der Waals surface area contributed by atoms with Crippen LogP contribution in [0.25, 0.3) is 22.3 Å². The fourth-order valence-electron chi connectivity index (χ4n) is 7.96. The lowest BCUT2D eigenvalue weighted by molar-refractivity contribution is -0.597. The van der Waals surface area contributed by atoms with Crippen LogP contribution in [0.3, 0.4) is 0 Å². The van der Waals surface area contributed by atoms with E-state index in [0.29, 0.717) is 0 Å². The van der Waals surface area contributed by atoms with Gasteiger partial charge in [0.2, 0.25) is 0 Å². The molecule has 0 heterocycles. The van der Waals surface area contributed by atoms with Gasteiger partial charge < -0.3 is 0 Å². The molecular weight excluding hydrogens is 864 g/mol. The van der Waals surface area contributed by atoms with Gasteiger partial charge in [-0.3, -0.25) is 0 Å². The molecule has 0 aliphatic carbocycles. The van der Waals surface area contributed by atoms with Crippen molar-refractivity contribution in [3.05, 3.63) is 222 Å². The summed E-state index contributed by atoms with van der Waals surface area (Å²) in [7, 11) is -0.352. The van der Waals surface area contributed by atoms with Crippen molar-refractivity contribution in [2.24, 2.45) is 0 Å². The number of hydrogen-bond acceptors (Lipinski definition) is 0. The summed E-state index contributed by atoms with van der Waals surface area (Å²) in [5.74, 6) is 0. The molecule has 0 aliphatic rings. The molecule has 0 saturated heterocycles. The summed E-state index contributed by atoms with van der Waals surface area (Å²) in [5, 5.41) is 0. The van der Waals surface area contributed by atoms with Crippen LogP contribution >= 0.6 is 0 Å². The van der Waals surface area contributed by atoms with E-state index in [1.807, 2.05) is 0 Å². The molecule has 0 aromatic heterocycles. The lowest BCUT2D eigenvalue weighted by Gasteiger charge is -2.13. The largest absolute Gasteiger partial charge is 0.357 e. The minimum atomic E-state index is -0.291. The van der Waals surface area contributed by atoms with Gasteiger partial charge in [-0.25, -0.2) is 0 Å². The lowest BCUT2D eigenvalue weighted by Crippen LogP contribution is -3.61. The average molecular weight is 916 g/mol. The Balaban J connectivity index is 0.974.